The van der Waals surface area contributed by atoms with E-state index in [4.69, 9.17) is 8.83 Å². The molecule has 6 aromatic carbocycles. The molecule has 0 radical (unpaired) electrons. The maximum Gasteiger partial charge on any atom is 0.432 e. The van der Waals surface area contributed by atoms with Crippen LogP contribution in [0.5, 0.6) is 0 Å². The van der Waals surface area contributed by atoms with E-state index >= 15 is 0 Å². The van der Waals surface area contributed by atoms with Crippen molar-refractivity contribution in [2.24, 2.45) is 0 Å². The van der Waals surface area contributed by atoms with Gasteiger partial charge in [0.05, 0.1) is 5.56 Å². The zero-order chi connectivity index (χ0) is 42.0. The summed E-state index contributed by atoms with van der Waals surface area (Å²) in [5, 5.41) is 12.5. The second-order valence-electron chi connectivity index (χ2n) is 16.1. The first-order valence-corrected chi connectivity index (χ1v) is 20.7. The third-order valence-electron chi connectivity index (χ3n) is 12.7. The second kappa shape index (κ2) is 13.2. The van der Waals surface area contributed by atoms with E-state index in [1.165, 1.54) is 0 Å². The van der Waals surface area contributed by atoms with E-state index in [0.717, 1.165) is 99.8 Å². The molecule has 1 unspecified atom stereocenters. The smallest absolute Gasteiger partial charge is 0.432 e. The Morgan fingerprint density at radius 2 is 1.11 bits per heavy atom. The van der Waals surface area contributed by atoms with Gasteiger partial charge in [0, 0.05) is 80.3 Å². The number of nitrogens with one attached hydrogen (secondary N) is 1. The van der Waals surface area contributed by atoms with Gasteiger partial charge in [-0.15, -0.1) is 9.13 Å². The van der Waals surface area contributed by atoms with Crippen molar-refractivity contribution in [3.8, 4) is 33.9 Å². The summed E-state index contributed by atoms with van der Waals surface area (Å²) in [6.45, 7) is 0.299. The average Bonchev–Trinajstić information content (AvgIpc) is 4.11. The quantitative estimate of drug-likeness (QED) is 0.176. The molecular formula is C53H33F3N5O2+3. The summed E-state index contributed by atoms with van der Waals surface area (Å²) in [4.78, 5) is 0. The molecule has 300 valence electrons. The van der Waals surface area contributed by atoms with Crippen LogP contribution in [0, 0.1) is 0 Å². The van der Waals surface area contributed by atoms with Gasteiger partial charge in [-0.1, -0.05) is 66.7 Å². The van der Waals surface area contributed by atoms with Crippen LogP contribution in [0.3, 0.4) is 0 Å². The molecule has 63 heavy (non-hydrogen) atoms. The number of rotatable bonds is 5. The summed E-state index contributed by atoms with van der Waals surface area (Å²) in [6, 6.07) is 57.0. The zero-order valence-corrected chi connectivity index (χ0v) is 33.3. The predicted molar refractivity (Wildman–Crippen MR) is 236 cm³/mol. The number of aromatic amines is 1. The van der Waals surface area contributed by atoms with Crippen molar-refractivity contribution < 1.29 is 35.7 Å². The van der Waals surface area contributed by atoms with Crippen LogP contribution in [0.15, 0.2) is 185 Å². The number of pyridine rings is 3. The van der Waals surface area contributed by atoms with Crippen LogP contribution < -0.4 is 13.7 Å². The second-order valence-corrected chi connectivity index (χ2v) is 16.1. The minimum Gasteiger partial charge on any atom is -0.455 e. The molecule has 0 saturated heterocycles. The molecule has 0 amide bonds. The van der Waals surface area contributed by atoms with Crippen molar-refractivity contribution in [1.82, 2.24) is 10.2 Å². The van der Waals surface area contributed by atoms with Crippen molar-refractivity contribution in [3.63, 3.8) is 0 Å². The monoisotopic (exact) mass is 828 g/mol. The van der Waals surface area contributed by atoms with E-state index in [2.05, 4.69) is 129 Å². The molecule has 0 saturated carbocycles. The molecule has 6 aromatic heterocycles. The van der Waals surface area contributed by atoms with Gasteiger partial charge in [0.2, 0.25) is 28.1 Å². The highest BCUT2D eigenvalue weighted by molar-refractivity contribution is 6.11. The Bertz CT molecular complexity index is 3860. The van der Waals surface area contributed by atoms with E-state index in [-0.39, 0.29) is 5.69 Å². The zero-order valence-electron chi connectivity index (χ0n) is 33.3. The lowest BCUT2D eigenvalue weighted by Gasteiger charge is -2.15. The molecule has 13 rings (SSSR count). The van der Waals surface area contributed by atoms with Gasteiger partial charge in [0.25, 0.3) is 0 Å². The van der Waals surface area contributed by atoms with Gasteiger partial charge in [-0.25, -0.2) is 0 Å². The van der Waals surface area contributed by atoms with E-state index < -0.39 is 18.0 Å². The largest absolute Gasteiger partial charge is 0.455 e. The summed E-state index contributed by atoms with van der Waals surface area (Å²) in [5.74, 6) is 0. The summed E-state index contributed by atoms with van der Waals surface area (Å²) in [7, 11) is 0. The van der Waals surface area contributed by atoms with E-state index in [1.54, 1.807) is 6.07 Å². The lowest BCUT2D eigenvalue weighted by molar-refractivity contribution is -0.898. The number of aromatic nitrogens is 5. The predicted octanol–water partition coefficient (Wildman–Crippen LogP) is 11.9. The van der Waals surface area contributed by atoms with Crippen molar-refractivity contribution >= 4 is 65.7 Å². The van der Waals surface area contributed by atoms with Gasteiger partial charge in [0.1, 0.15) is 39.2 Å². The van der Waals surface area contributed by atoms with Crippen LogP contribution in [-0.4, -0.2) is 10.2 Å². The molecule has 1 atom stereocenters. The minimum atomic E-state index is -4.56. The fourth-order valence-corrected chi connectivity index (χ4v) is 9.94. The summed E-state index contributed by atoms with van der Waals surface area (Å²) < 4.78 is 62.0. The number of hydrogen-bond donors (Lipinski definition) is 1. The third-order valence-corrected chi connectivity index (χ3v) is 12.7. The Morgan fingerprint density at radius 3 is 1.76 bits per heavy atom. The molecule has 1 N–H and O–H groups in total. The number of alkyl halides is 3. The molecule has 1 aliphatic heterocycles. The van der Waals surface area contributed by atoms with Crippen LogP contribution >= 0.6 is 0 Å². The number of hydrogen-bond acceptors (Lipinski definition) is 3. The van der Waals surface area contributed by atoms with Crippen LogP contribution in [0.2, 0.25) is 0 Å². The number of halogens is 3. The van der Waals surface area contributed by atoms with Gasteiger partial charge in [-0.3, -0.25) is 5.10 Å². The Kier molecular flexibility index (Phi) is 7.46. The van der Waals surface area contributed by atoms with E-state index in [0.29, 0.717) is 17.8 Å². The van der Waals surface area contributed by atoms with Gasteiger partial charge in [0.15, 0.2) is 18.4 Å². The highest BCUT2D eigenvalue weighted by Crippen LogP contribution is 2.45. The standard InChI is InChI=1S/C53H32F3N5O2/c54-53(55,56)47-29-39(57-58-47)42-17-9-10-28-59(42)30-33-20-23-36-34-13-3-7-18-45(34)62-50(36)48(33)43-26-21-31-11-1-5-15-40(31)60(43)52-38-25-24-37-35-14-4-8-19-46(35)63-51(37)49(38)44-27-22-32-12-2-6-16-41(32)61(44)52/h1-29,52H,30H2/q+2/p+1. The van der Waals surface area contributed by atoms with Gasteiger partial charge < -0.3 is 8.83 Å². The maximum atomic E-state index is 13.8. The lowest BCUT2D eigenvalue weighted by Crippen LogP contribution is -2.58. The van der Waals surface area contributed by atoms with Crippen LogP contribution in [0.25, 0.3) is 99.6 Å². The molecule has 12 aromatic rings. The minimum absolute atomic E-state index is 0.189. The molecule has 0 spiro atoms. The molecule has 7 nitrogen and oxygen atoms in total. The summed E-state index contributed by atoms with van der Waals surface area (Å²) in [5.41, 5.74) is 10.9. The summed E-state index contributed by atoms with van der Waals surface area (Å²) >= 11 is 0. The summed E-state index contributed by atoms with van der Waals surface area (Å²) in [6.07, 6.45) is -3.08. The number of nitrogens with zero attached hydrogens (tertiary/aromatic N) is 4. The Balaban J connectivity index is 1.13. The fraction of sp³-hybridized carbons (Fsp3) is 0.0566. The maximum absolute atomic E-state index is 13.8. The fourth-order valence-electron chi connectivity index (χ4n) is 9.94. The number of benzene rings is 6. The molecule has 0 fully saturated rings. The number of fused-ring (bicyclic) bond motifs is 13. The lowest BCUT2D eigenvalue weighted by atomic mass is 9.97. The first kappa shape index (κ1) is 35.6. The first-order valence-electron chi connectivity index (χ1n) is 20.7. The first-order chi connectivity index (χ1) is 30.9. The molecular weight excluding hydrogens is 796 g/mol. The number of furan rings is 2. The number of para-hydroxylation sites is 4. The normalized spacial score (nSPS) is 13.9. The number of H-pyrrole nitrogens is 1. The molecule has 1 aliphatic rings. The Morgan fingerprint density at radius 1 is 0.540 bits per heavy atom. The van der Waals surface area contributed by atoms with Gasteiger partial charge in [-0.2, -0.15) is 22.8 Å². The van der Waals surface area contributed by atoms with E-state index in [9.17, 15) is 13.2 Å². The SMILES string of the molecule is FC(F)(F)c1cc(-c2cccc[n+]2Cc2ccc3c(oc4ccccc43)c2-c2ccc3ccccc3[n+]2C2c3ccc4c(oc5ccccc54)c3-c3ccc4ccccc4[n+]32)n[nH]1. The van der Waals surface area contributed by atoms with Crippen LogP contribution in [0.1, 0.15) is 23.0 Å². The Hall–Kier alpha value is -8.11. The molecule has 0 aliphatic carbocycles. The van der Waals surface area contributed by atoms with Crippen LogP contribution in [-0.2, 0) is 12.7 Å². The van der Waals surface area contributed by atoms with Gasteiger partial charge in [-0.05, 0) is 60.7 Å². The highest BCUT2D eigenvalue weighted by Gasteiger charge is 2.49. The van der Waals surface area contributed by atoms with Crippen LogP contribution in [0.4, 0.5) is 13.2 Å². The van der Waals surface area contributed by atoms with Crippen molar-refractivity contribution in [2.75, 3.05) is 0 Å². The van der Waals surface area contributed by atoms with Crippen molar-refractivity contribution in [2.45, 2.75) is 18.9 Å². The van der Waals surface area contributed by atoms with Gasteiger partial charge >= 0.3 is 12.3 Å². The molecule has 10 heteroatoms. The molecule has 7 heterocycles. The molecule has 0 bridgehead atoms. The van der Waals surface area contributed by atoms with Crippen molar-refractivity contribution in [3.05, 3.63) is 193 Å². The topological polar surface area (TPSA) is 66.6 Å². The van der Waals surface area contributed by atoms with E-state index in [1.807, 2.05) is 59.3 Å². The third kappa shape index (κ3) is 5.27. The average molecular weight is 829 g/mol. The Labute approximate surface area is 356 Å². The highest BCUT2D eigenvalue weighted by atomic mass is 19.4. The van der Waals surface area contributed by atoms with Crippen molar-refractivity contribution in [1.29, 1.82) is 0 Å².